The van der Waals surface area contributed by atoms with Gasteiger partial charge in [0.2, 0.25) is 5.79 Å². The SMILES string of the molecule is Nc1ncnc2c1ncn2[C@@H]1O[C@H](CO)[C@@](O)(OP(O)(=S)OC(O)[C@H]2O[C@@H](n3ccc(=O)[nH]c3=O)[C@H](O)[C@@H]2O)[C@H]1O. The fourth-order valence-corrected chi connectivity index (χ4v) is 6.13. The largest absolute Gasteiger partial charge is 0.393 e. The second-order valence-electron chi connectivity index (χ2n) is 9.02. The number of rotatable bonds is 8. The molecule has 22 heteroatoms. The third kappa shape index (κ3) is 5.21. The topological polar surface area (TPSA) is 303 Å². The van der Waals surface area contributed by atoms with Gasteiger partial charge in [-0.1, -0.05) is 0 Å². The molecule has 5 heterocycles. The molecular weight excluding hydrogens is 597 g/mol. The number of nitrogen functional groups attached to an aromatic ring is 1. The third-order valence-corrected chi connectivity index (χ3v) is 7.96. The highest BCUT2D eigenvalue weighted by Crippen LogP contribution is 2.54. The predicted molar refractivity (Wildman–Crippen MR) is 134 cm³/mol. The van der Waals surface area contributed by atoms with Gasteiger partial charge in [0.05, 0.1) is 12.9 Å². The number of fused-ring (bicyclic) bond motifs is 1. The Morgan fingerprint density at radius 1 is 1.17 bits per heavy atom. The average Bonchev–Trinajstić information content (AvgIpc) is 3.52. The molecule has 5 rings (SSSR count). The van der Waals surface area contributed by atoms with E-state index in [1.807, 2.05) is 4.98 Å². The van der Waals surface area contributed by atoms with Crippen molar-refractivity contribution in [2.75, 3.05) is 12.3 Å². The van der Waals surface area contributed by atoms with E-state index in [1.165, 1.54) is 0 Å². The number of aromatic amines is 1. The summed E-state index contributed by atoms with van der Waals surface area (Å²) in [6.07, 6.45) is -11.6. The van der Waals surface area contributed by atoms with Crippen molar-refractivity contribution in [2.45, 2.75) is 55.1 Å². The number of aliphatic hydroxyl groups is 6. The predicted octanol–water partition coefficient (Wildman–Crippen LogP) is -4.91. The van der Waals surface area contributed by atoms with Crippen molar-refractivity contribution in [2.24, 2.45) is 0 Å². The number of nitrogens with zero attached hydrogens (tertiary/aromatic N) is 5. The second kappa shape index (κ2) is 10.8. The van der Waals surface area contributed by atoms with E-state index < -0.39 is 79.6 Å². The number of hydrogen-bond acceptors (Lipinski definition) is 17. The summed E-state index contributed by atoms with van der Waals surface area (Å²) in [5.74, 6) is -2.92. The smallest absolute Gasteiger partial charge is 0.330 e. The number of ether oxygens (including phenoxy) is 2. The highest BCUT2D eigenvalue weighted by atomic mass is 32.5. The minimum absolute atomic E-state index is 0.00815. The molecule has 2 unspecified atom stereocenters. The van der Waals surface area contributed by atoms with Crippen molar-refractivity contribution >= 4 is 35.5 Å². The van der Waals surface area contributed by atoms with Gasteiger partial charge in [-0.05, 0) is 11.8 Å². The summed E-state index contributed by atoms with van der Waals surface area (Å²) in [6.45, 7) is -5.75. The van der Waals surface area contributed by atoms with Crippen LogP contribution in [-0.2, 0) is 30.3 Å². The fraction of sp³-hybridized carbons (Fsp3) is 0.526. The Balaban J connectivity index is 1.33. The van der Waals surface area contributed by atoms with E-state index in [2.05, 4.69) is 15.0 Å². The molecule has 0 saturated carbocycles. The van der Waals surface area contributed by atoms with Crippen LogP contribution in [-0.4, -0.2) is 114 Å². The van der Waals surface area contributed by atoms with Crippen molar-refractivity contribution in [1.29, 1.82) is 0 Å². The van der Waals surface area contributed by atoms with E-state index in [0.29, 0.717) is 0 Å². The molecule has 3 aromatic rings. The Labute approximate surface area is 232 Å². The highest BCUT2D eigenvalue weighted by molar-refractivity contribution is 8.07. The first-order chi connectivity index (χ1) is 19.3. The lowest BCUT2D eigenvalue weighted by molar-refractivity contribution is -0.229. The van der Waals surface area contributed by atoms with Crippen LogP contribution < -0.4 is 17.0 Å². The van der Waals surface area contributed by atoms with Crippen LogP contribution in [0.4, 0.5) is 5.82 Å². The van der Waals surface area contributed by atoms with Gasteiger partial charge in [-0.3, -0.25) is 28.0 Å². The summed E-state index contributed by atoms with van der Waals surface area (Å²) < 4.78 is 22.8. The summed E-state index contributed by atoms with van der Waals surface area (Å²) in [6, 6.07) is 0.945. The standard InChI is InChI=1S/C19H24N7O13PS/c20-13-8-14(22-4-21-13)26(5-23-8)16-12(31)19(34,6(3-27)36-16)39-40(35,41)38-17(32)11-9(29)10(30)15(37-11)25-2-1-7(28)24-18(25)33/h1-2,4-6,9-12,15-17,27,29-32,34H,3H2,(H,35,41)(H2,20,21,22)(H,24,28,33)/t6-,9+,10-,11+,12+,15-,16-,17?,19-,40?/m1/s1. The zero-order valence-corrected chi connectivity index (χ0v) is 22.1. The van der Waals surface area contributed by atoms with Crippen molar-refractivity contribution in [3.05, 3.63) is 45.8 Å². The van der Waals surface area contributed by atoms with Crippen LogP contribution in [0.5, 0.6) is 0 Å². The van der Waals surface area contributed by atoms with Crippen LogP contribution in [0.2, 0.25) is 0 Å². The van der Waals surface area contributed by atoms with E-state index in [4.69, 9.17) is 36.1 Å². The summed E-state index contributed by atoms with van der Waals surface area (Å²) in [5, 5.41) is 63.2. The third-order valence-electron chi connectivity index (χ3n) is 6.47. The average molecular weight is 621 g/mol. The van der Waals surface area contributed by atoms with Gasteiger partial charge in [-0.2, -0.15) is 0 Å². The maximum absolute atomic E-state index is 12.1. The van der Waals surface area contributed by atoms with Crippen LogP contribution in [0, 0.1) is 0 Å². The molecule has 0 bridgehead atoms. The zero-order valence-electron chi connectivity index (χ0n) is 20.4. The van der Waals surface area contributed by atoms with Crippen LogP contribution in [0.15, 0.2) is 34.5 Å². The van der Waals surface area contributed by atoms with Gasteiger partial charge < -0.3 is 50.7 Å². The summed E-state index contributed by atoms with van der Waals surface area (Å²) in [7, 11) is 0. The second-order valence-corrected chi connectivity index (χ2v) is 11.7. The van der Waals surface area contributed by atoms with Gasteiger partial charge in [0, 0.05) is 12.3 Å². The normalized spacial score (nSPS) is 34.2. The molecule has 224 valence electrons. The monoisotopic (exact) mass is 621 g/mol. The molecular formula is C19H24N7O13PS. The molecule has 2 aliphatic heterocycles. The molecule has 10 N–H and O–H groups in total. The van der Waals surface area contributed by atoms with Crippen LogP contribution in [0.25, 0.3) is 11.2 Å². The molecule has 0 radical (unpaired) electrons. The quantitative estimate of drug-likeness (QED) is 0.0840. The fourth-order valence-electron chi connectivity index (χ4n) is 4.48. The number of aliphatic hydroxyl groups excluding tert-OH is 5. The number of anilines is 1. The molecule has 2 aliphatic rings. The molecule has 0 spiro atoms. The van der Waals surface area contributed by atoms with E-state index in [0.717, 1.165) is 34.1 Å². The van der Waals surface area contributed by atoms with Gasteiger partial charge in [0.25, 0.3) is 5.56 Å². The lowest BCUT2D eigenvalue weighted by Crippen LogP contribution is -2.51. The summed E-state index contributed by atoms with van der Waals surface area (Å²) >= 11 is 4.88. The molecule has 2 fully saturated rings. The lowest BCUT2D eigenvalue weighted by atomic mass is 10.1. The maximum Gasteiger partial charge on any atom is 0.330 e. The Hall–Kier alpha value is -2.76. The minimum atomic E-state index is -4.79. The van der Waals surface area contributed by atoms with Gasteiger partial charge in [-0.25, -0.2) is 19.7 Å². The van der Waals surface area contributed by atoms with E-state index in [1.54, 1.807) is 0 Å². The lowest BCUT2D eigenvalue weighted by Gasteiger charge is -2.34. The summed E-state index contributed by atoms with van der Waals surface area (Å²) in [4.78, 5) is 47.8. The van der Waals surface area contributed by atoms with Crippen LogP contribution in [0.3, 0.4) is 0 Å². The number of nitrogens with two attached hydrogens (primary N) is 1. The first-order valence-corrected chi connectivity index (χ1v) is 14.2. The molecule has 0 amide bonds. The van der Waals surface area contributed by atoms with Crippen molar-refractivity contribution in [1.82, 2.24) is 29.1 Å². The van der Waals surface area contributed by atoms with Gasteiger partial charge in [-0.15, -0.1) is 0 Å². The van der Waals surface area contributed by atoms with E-state index in [-0.39, 0.29) is 17.0 Å². The molecule has 41 heavy (non-hydrogen) atoms. The maximum atomic E-state index is 12.1. The zero-order chi connectivity index (χ0) is 29.9. The van der Waals surface area contributed by atoms with Crippen LogP contribution >= 0.6 is 6.72 Å². The number of nitrogens with one attached hydrogen (secondary N) is 1. The van der Waals surface area contributed by atoms with Gasteiger partial charge in [0.15, 0.2) is 36.3 Å². The Morgan fingerprint density at radius 2 is 1.90 bits per heavy atom. The van der Waals surface area contributed by atoms with Crippen molar-refractivity contribution in [3.63, 3.8) is 0 Å². The van der Waals surface area contributed by atoms with Crippen molar-refractivity contribution < 1.29 is 54.1 Å². The molecule has 3 aromatic heterocycles. The minimum Gasteiger partial charge on any atom is -0.393 e. The molecule has 2 saturated heterocycles. The Bertz CT molecular complexity index is 1600. The van der Waals surface area contributed by atoms with Crippen molar-refractivity contribution in [3.8, 4) is 0 Å². The van der Waals surface area contributed by atoms with E-state index in [9.17, 15) is 45.1 Å². The number of aromatic nitrogens is 6. The number of hydrogen-bond donors (Lipinski definition) is 9. The highest BCUT2D eigenvalue weighted by Gasteiger charge is 2.60. The van der Waals surface area contributed by atoms with Gasteiger partial charge >= 0.3 is 12.4 Å². The van der Waals surface area contributed by atoms with Crippen LogP contribution in [0.1, 0.15) is 12.5 Å². The molecule has 10 atom stereocenters. The van der Waals surface area contributed by atoms with Gasteiger partial charge in [0.1, 0.15) is 36.3 Å². The number of imidazole rings is 1. The number of H-pyrrole nitrogens is 1. The van der Waals surface area contributed by atoms with E-state index >= 15 is 0 Å². The molecule has 20 nitrogen and oxygen atoms in total. The Morgan fingerprint density at radius 3 is 2.59 bits per heavy atom. The Kier molecular flexibility index (Phi) is 7.84. The summed E-state index contributed by atoms with van der Waals surface area (Å²) in [5.41, 5.74) is 4.25. The molecule has 0 aliphatic carbocycles. The first kappa shape index (κ1) is 29.7. The first-order valence-electron chi connectivity index (χ1n) is 11.6. The molecule has 0 aromatic carbocycles.